The Morgan fingerprint density at radius 1 is 1.35 bits per heavy atom. The van der Waals surface area contributed by atoms with Crippen LogP contribution in [0.2, 0.25) is 0 Å². The number of aryl methyl sites for hydroxylation is 1. The molecule has 0 spiro atoms. The molecule has 0 bridgehead atoms. The summed E-state index contributed by atoms with van der Waals surface area (Å²) in [6.07, 6.45) is 1.49. The minimum Gasteiger partial charge on any atom is -0.298 e. The van der Waals surface area contributed by atoms with Gasteiger partial charge in [-0.2, -0.15) is 9.78 Å². The molecule has 0 saturated heterocycles. The number of fused-ring (bicyclic) bond motifs is 2. The maximum absolute atomic E-state index is 12.1. The number of rotatable bonds is 0. The molecule has 0 N–H and O–H groups in total. The molecule has 2 aliphatic rings. The van der Waals surface area contributed by atoms with Crippen LogP contribution in [0.5, 0.6) is 0 Å². The van der Waals surface area contributed by atoms with Gasteiger partial charge in [0.2, 0.25) is 5.16 Å². The first-order chi connectivity index (χ1) is 7.96. The first-order valence-electron chi connectivity index (χ1n) is 5.65. The lowest BCUT2D eigenvalue weighted by molar-refractivity contribution is -0.120. The van der Waals surface area contributed by atoms with Crippen LogP contribution in [-0.2, 0) is 4.79 Å². The van der Waals surface area contributed by atoms with Crippen molar-refractivity contribution >= 4 is 23.3 Å². The lowest BCUT2D eigenvalue weighted by atomic mass is 9.75. The standard InChI is InChI=1S/C11H14N4OS/c1-6-12-13-10-15(6)14-7-4-11(2,3)5-8(16)9(7)17-10/h9H,4-5H2,1-3H3. The normalized spacial score (nSPS) is 26.2. The molecule has 1 unspecified atom stereocenters. The summed E-state index contributed by atoms with van der Waals surface area (Å²) >= 11 is 1.48. The van der Waals surface area contributed by atoms with Crippen LogP contribution in [0.3, 0.4) is 0 Å². The number of carbonyl (C=O) groups excluding carboxylic acids is 1. The van der Waals surface area contributed by atoms with E-state index >= 15 is 0 Å². The monoisotopic (exact) mass is 250 g/mol. The second-order valence-corrected chi connectivity index (χ2v) is 6.49. The van der Waals surface area contributed by atoms with E-state index in [4.69, 9.17) is 0 Å². The van der Waals surface area contributed by atoms with Crippen LogP contribution in [0.4, 0.5) is 0 Å². The van der Waals surface area contributed by atoms with Gasteiger partial charge in [-0.05, 0) is 18.8 Å². The number of Topliss-reactive ketones (excluding diaryl/α,β-unsaturated/α-hetero) is 1. The molecule has 1 fully saturated rings. The number of hydrogen-bond donors (Lipinski definition) is 0. The molecule has 1 aromatic heterocycles. The van der Waals surface area contributed by atoms with E-state index in [-0.39, 0.29) is 16.4 Å². The van der Waals surface area contributed by atoms with Gasteiger partial charge in [-0.1, -0.05) is 25.6 Å². The smallest absolute Gasteiger partial charge is 0.213 e. The van der Waals surface area contributed by atoms with E-state index < -0.39 is 0 Å². The van der Waals surface area contributed by atoms with Crippen molar-refractivity contribution in [2.75, 3.05) is 0 Å². The Hall–Kier alpha value is -1.17. The summed E-state index contributed by atoms with van der Waals surface area (Å²) in [4.78, 5) is 12.1. The molecule has 1 aromatic rings. The lowest BCUT2D eigenvalue weighted by Gasteiger charge is -2.35. The molecule has 17 heavy (non-hydrogen) atoms. The third-order valence-electron chi connectivity index (χ3n) is 3.13. The predicted molar refractivity (Wildman–Crippen MR) is 65.3 cm³/mol. The highest BCUT2D eigenvalue weighted by Gasteiger charge is 2.41. The first kappa shape index (κ1) is 11.0. The number of ketones is 1. The highest BCUT2D eigenvalue weighted by molar-refractivity contribution is 8.01. The Labute approximate surface area is 104 Å². The van der Waals surface area contributed by atoms with Crippen molar-refractivity contribution in [1.82, 2.24) is 14.9 Å². The lowest BCUT2D eigenvalue weighted by Crippen LogP contribution is -2.41. The zero-order valence-electron chi connectivity index (χ0n) is 10.1. The van der Waals surface area contributed by atoms with Crippen LogP contribution in [0, 0.1) is 12.3 Å². The van der Waals surface area contributed by atoms with Crippen LogP contribution in [0.15, 0.2) is 10.3 Å². The fourth-order valence-corrected chi connectivity index (χ4v) is 3.43. The van der Waals surface area contributed by atoms with E-state index in [0.717, 1.165) is 23.1 Å². The zero-order chi connectivity index (χ0) is 12.2. The highest BCUT2D eigenvalue weighted by Crippen LogP contribution is 2.40. The molecular formula is C11H14N4OS. The summed E-state index contributed by atoms with van der Waals surface area (Å²) < 4.78 is 1.74. The van der Waals surface area contributed by atoms with Gasteiger partial charge in [-0.25, -0.2) is 0 Å². The van der Waals surface area contributed by atoms with Gasteiger partial charge in [0.1, 0.15) is 5.25 Å². The van der Waals surface area contributed by atoms with E-state index in [1.807, 2.05) is 6.92 Å². The Balaban J connectivity index is 2.06. The van der Waals surface area contributed by atoms with Crippen LogP contribution in [0.25, 0.3) is 0 Å². The summed E-state index contributed by atoms with van der Waals surface area (Å²) in [6.45, 7) is 6.10. The van der Waals surface area contributed by atoms with E-state index in [1.165, 1.54) is 11.8 Å². The summed E-state index contributed by atoms with van der Waals surface area (Å²) in [7, 11) is 0. The minimum absolute atomic E-state index is 0.0202. The zero-order valence-corrected chi connectivity index (χ0v) is 10.9. The van der Waals surface area contributed by atoms with Crippen molar-refractivity contribution in [3.8, 4) is 0 Å². The van der Waals surface area contributed by atoms with Crippen LogP contribution in [0.1, 0.15) is 32.5 Å². The van der Waals surface area contributed by atoms with Crippen molar-refractivity contribution in [2.45, 2.75) is 44.0 Å². The second-order valence-electron chi connectivity index (χ2n) is 5.41. The maximum atomic E-state index is 12.1. The molecule has 6 heteroatoms. The molecule has 90 valence electrons. The van der Waals surface area contributed by atoms with Gasteiger partial charge in [-0.15, -0.1) is 10.2 Å². The average molecular weight is 250 g/mol. The third kappa shape index (κ3) is 1.71. The summed E-state index contributed by atoms with van der Waals surface area (Å²) in [6, 6.07) is 0. The molecule has 0 amide bonds. The Morgan fingerprint density at radius 2 is 2.12 bits per heavy atom. The molecule has 3 rings (SSSR count). The number of nitrogens with zero attached hydrogens (tertiary/aromatic N) is 4. The first-order valence-corrected chi connectivity index (χ1v) is 6.53. The van der Waals surface area contributed by atoms with E-state index in [0.29, 0.717) is 6.42 Å². The predicted octanol–water partition coefficient (Wildman–Crippen LogP) is 1.65. The summed E-state index contributed by atoms with van der Waals surface area (Å²) in [5.74, 6) is 1.03. The van der Waals surface area contributed by atoms with E-state index in [9.17, 15) is 4.79 Å². The fraction of sp³-hybridized carbons (Fsp3) is 0.636. The van der Waals surface area contributed by atoms with E-state index in [2.05, 4.69) is 29.1 Å². The topological polar surface area (TPSA) is 60.1 Å². The molecule has 0 aromatic carbocycles. The van der Waals surface area contributed by atoms with Crippen molar-refractivity contribution in [3.63, 3.8) is 0 Å². The molecule has 1 saturated carbocycles. The van der Waals surface area contributed by atoms with Gasteiger partial charge in [-0.3, -0.25) is 4.79 Å². The van der Waals surface area contributed by atoms with Gasteiger partial charge in [0.05, 0.1) is 5.71 Å². The van der Waals surface area contributed by atoms with E-state index in [1.54, 1.807) is 4.68 Å². The second kappa shape index (κ2) is 3.41. The van der Waals surface area contributed by atoms with Crippen molar-refractivity contribution in [1.29, 1.82) is 0 Å². The minimum atomic E-state index is -0.140. The van der Waals surface area contributed by atoms with Crippen molar-refractivity contribution in [2.24, 2.45) is 10.5 Å². The summed E-state index contributed by atoms with van der Waals surface area (Å²) in [5.41, 5.74) is 0.985. The fourth-order valence-electron chi connectivity index (χ4n) is 2.38. The van der Waals surface area contributed by atoms with Gasteiger partial charge in [0.25, 0.3) is 0 Å². The maximum Gasteiger partial charge on any atom is 0.213 e. The van der Waals surface area contributed by atoms with Crippen LogP contribution in [-0.4, -0.2) is 31.6 Å². The number of hydrogen-bond acceptors (Lipinski definition) is 5. The largest absolute Gasteiger partial charge is 0.298 e. The third-order valence-corrected chi connectivity index (χ3v) is 4.36. The molecule has 1 aliphatic heterocycles. The van der Waals surface area contributed by atoms with Gasteiger partial charge >= 0.3 is 0 Å². The molecular weight excluding hydrogens is 236 g/mol. The Kier molecular flexibility index (Phi) is 2.20. The Bertz CT molecular complexity index is 532. The molecule has 5 nitrogen and oxygen atoms in total. The average Bonchev–Trinajstić information content (AvgIpc) is 2.57. The Morgan fingerprint density at radius 3 is 2.88 bits per heavy atom. The van der Waals surface area contributed by atoms with Crippen LogP contribution >= 0.6 is 11.8 Å². The molecule has 0 radical (unpaired) electrons. The number of aromatic nitrogens is 3. The number of thioether (sulfide) groups is 1. The SMILES string of the molecule is Cc1nnc2n1N=C1CC(C)(C)CC(=O)C1S2. The number of carbonyl (C=O) groups is 1. The molecule has 2 heterocycles. The van der Waals surface area contributed by atoms with Gasteiger partial charge in [0.15, 0.2) is 11.6 Å². The molecule has 1 aliphatic carbocycles. The summed E-state index contributed by atoms with van der Waals surface area (Å²) in [5, 5.41) is 13.2. The molecule has 1 atom stereocenters. The van der Waals surface area contributed by atoms with Gasteiger partial charge < -0.3 is 0 Å². The van der Waals surface area contributed by atoms with Crippen molar-refractivity contribution < 1.29 is 4.79 Å². The van der Waals surface area contributed by atoms with Gasteiger partial charge in [0, 0.05) is 6.42 Å². The van der Waals surface area contributed by atoms with Crippen LogP contribution < -0.4 is 0 Å². The quantitative estimate of drug-likeness (QED) is 0.702. The highest BCUT2D eigenvalue weighted by atomic mass is 32.2. The van der Waals surface area contributed by atoms with Crippen molar-refractivity contribution in [3.05, 3.63) is 5.82 Å².